The predicted molar refractivity (Wildman–Crippen MR) is 55.3 cm³/mol. The van der Waals surface area contributed by atoms with E-state index in [9.17, 15) is 18.0 Å². The number of carbonyl (C=O) groups excluding carboxylic acids is 1. The number of para-hydroxylation sites is 1. The van der Waals surface area contributed by atoms with Gasteiger partial charge in [0.15, 0.2) is 6.10 Å². The van der Waals surface area contributed by atoms with Gasteiger partial charge < -0.3 is 14.6 Å². The van der Waals surface area contributed by atoms with Crippen molar-refractivity contribution >= 4 is 5.97 Å². The molecule has 0 saturated carbocycles. The molecule has 0 saturated heterocycles. The Bertz CT molecular complexity index is 417. The smallest absolute Gasteiger partial charge is 0.417 e. The molecule has 7 heteroatoms. The molecule has 1 atom stereocenters. The minimum Gasteiger partial charge on any atom is -0.490 e. The molecule has 0 aliphatic rings. The molecule has 1 N–H and O–H groups in total. The quantitative estimate of drug-likeness (QED) is 0.842. The summed E-state index contributed by atoms with van der Waals surface area (Å²) < 4.78 is 45.4. The molecule has 4 nitrogen and oxygen atoms in total. The van der Waals surface area contributed by atoms with E-state index >= 15 is 0 Å². The second kappa shape index (κ2) is 5.72. The SMILES string of the molecule is COC(=O)c1ccccc1OC[C@@H](O)C(F)(F)F. The van der Waals surface area contributed by atoms with Crippen LogP contribution in [0, 0.1) is 0 Å². The molecular formula is C11H11F3O4. The topological polar surface area (TPSA) is 55.8 Å². The number of hydrogen-bond donors (Lipinski definition) is 1. The minimum absolute atomic E-state index is 0.00521. The lowest BCUT2D eigenvalue weighted by molar-refractivity contribution is -0.210. The van der Waals surface area contributed by atoms with E-state index in [4.69, 9.17) is 9.84 Å². The molecule has 0 aliphatic carbocycles. The third-order valence-electron chi connectivity index (χ3n) is 2.07. The number of rotatable bonds is 4. The van der Waals surface area contributed by atoms with Crippen LogP contribution in [0.5, 0.6) is 5.75 Å². The van der Waals surface area contributed by atoms with Crippen molar-refractivity contribution in [2.24, 2.45) is 0 Å². The zero-order valence-corrected chi connectivity index (χ0v) is 9.40. The van der Waals surface area contributed by atoms with Gasteiger partial charge in [-0.1, -0.05) is 12.1 Å². The number of halogens is 3. The lowest BCUT2D eigenvalue weighted by Crippen LogP contribution is -2.34. The molecule has 0 amide bonds. The first kappa shape index (κ1) is 14.3. The van der Waals surface area contributed by atoms with E-state index < -0.39 is 24.9 Å². The number of alkyl halides is 3. The van der Waals surface area contributed by atoms with Crippen molar-refractivity contribution in [2.45, 2.75) is 12.3 Å². The summed E-state index contributed by atoms with van der Waals surface area (Å²) in [6, 6.07) is 5.66. The highest BCUT2D eigenvalue weighted by Gasteiger charge is 2.38. The number of esters is 1. The van der Waals surface area contributed by atoms with Crippen molar-refractivity contribution in [3.8, 4) is 5.75 Å². The van der Waals surface area contributed by atoms with Crippen LogP contribution in [0.25, 0.3) is 0 Å². The summed E-state index contributed by atoms with van der Waals surface area (Å²) >= 11 is 0. The first-order valence-corrected chi connectivity index (χ1v) is 4.91. The van der Waals surface area contributed by atoms with Gasteiger partial charge in [-0.15, -0.1) is 0 Å². The van der Waals surface area contributed by atoms with Gasteiger partial charge in [0.2, 0.25) is 0 Å². The van der Waals surface area contributed by atoms with E-state index in [1.54, 1.807) is 0 Å². The van der Waals surface area contributed by atoms with Crippen LogP contribution in [0.15, 0.2) is 24.3 Å². The summed E-state index contributed by atoms with van der Waals surface area (Å²) in [5.74, 6) is -0.806. The zero-order valence-electron chi connectivity index (χ0n) is 9.40. The van der Waals surface area contributed by atoms with Crippen LogP contribution < -0.4 is 4.74 Å². The van der Waals surface area contributed by atoms with Crippen molar-refractivity contribution in [1.82, 2.24) is 0 Å². The Morgan fingerprint density at radius 2 is 2.00 bits per heavy atom. The van der Waals surface area contributed by atoms with E-state index in [1.165, 1.54) is 24.3 Å². The van der Waals surface area contributed by atoms with Gasteiger partial charge in [-0.05, 0) is 12.1 Å². The average Bonchev–Trinajstić information content (AvgIpc) is 2.34. The molecule has 0 spiro atoms. The van der Waals surface area contributed by atoms with Crippen LogP contribution in [0.3, 0.4) is 0 Å². The molecule has 0 heterocycles. The first-order valence-electron chi connectivity index (χ1n) is 4.91. The van der Waals surface area contributed by atoms with Crippen molar-refractivity contribution in [3.63, 3.8) is 0 Å². The van der Waals surface area contributed by atoms with Gasteiger partial charge in [0, 0.05) is 0 Å². The largest absolute Gasteiger partial charge is 0.490 e. The minimum atomic E-state index is -4.76. The van der Waals surface area contributed by atoms with Crippen LogP contribution in [-0.4, -0.2) is 37.1 Å². The Balaban J connectivity index is 2.76. The van der Waals surface area contributed by atoms with Gasteiger partial charge in [-0.3, -0.25) is 0 Å². The van der Waals surface area contributed by atoms with Crippen LogP contribution in [0.4, 0.5) is 13.2 Å². The third-order valence-corrected chi connectivity index (χ3v) is 2.07. The molecule has 0 aromatic heterocycles. The highest BCUT2D eigenvalue weighted by atomic mass is 19.4. The van der Waals surface area contributed by atoms with E-state index in [2.05, 4.69) is 4.74 Å². The van der Waals surface area contributed by atoms with Gasteiger partial charge >= 0.3 is 12.1 Å². The molecule has 1 aromatic carbocycles. The molecule has 1 rings (SSSR count). The fraction of sp³-hybridized carbons (Fsp3) is 0.364. The number of aliphatic hydroxyl groups is 1. The van der Waals surface area contributed by atoms with E-state index in [-0.39, 0.29) is 11.3 Å². The van der Waals surface area contributed by atoms with Crippen LogP contribution in [0.2, 0.25) is 0 Å². The molecular weight excluding hydrogens is 253 g/mol. The third kappa shape index (κ3) is 3.63. The van der Waals surface area contributed by atoms with Gasteiger partial charge in [0.05, 0.1) is 7.11 Å². The number of benzene rings is 1. The maximum atomic E-state index is 12.1. The van der Waals surface area contributed by atoms with Crippen molar-refractivity contribution in [2.75, 3.05) is 13.7 Å². The Kier molecular flexibility index (Phi) is 4.55. The highest BCUT2D eigenvalue weighted by molar-refractivity contribution is 5.92. The lowest BCUT2D eigenvalue weighted by atomic mass is 10.2. The van der Waals surface area contributed by atoms with E-state index in [0.717, 1.165) is 7.11 Å². The summed E-state index contributed by atoms with van der Waals surface area (Å²) in [4.78, 5) is 11.3. The van der Waals surface area contributed by atoms with Crippen molar-refractivity contribution in [3.05, 3.63) is 29.8 Å². The van der Waals surface area contributed by atoms with Crippen LogP contribution >= 0.6 is 0 Å². The second-order valence-electron chi connectivity index (χ2n) is 3.36. The Hall–Kier alpha value is -1.76. The summed E-state index contributed by atoms with van der Waals surface area (Å²) in [7, 11) is 1.14. The average molecular weight is 264 g/mol. The van der Waals surface area contributed by atoms with E-state index in [0.29, 0.717) is 0 Å². The number of carbonyl (C=O) groups is 1. The van der Waals surface area contributed by atoms with Crippen LogP contribution in [0.1, 0.15) is 10.4 Å². The summed E-state index contributed by atoms with van der Waals surface area (Å²) in [6.45, 7) is -0.989. The molecule has 0 aliphatic heterocycles. The Labute approximate surface area is 101 Å². The van der Waals surface area contributed by atoms with Gasteiger partial charge in [0.25, 0.3) is 0 Å². The molecule has 1 aromatic rings. The fourth-order valence-corrected chi connectivity index (χ4v) is 1.13. The zero-order chi connectivity index (χ0) is 13.8. The van der Waals surface area contributed by atoms with Gasteiger partial charge in [-0.25, -0.2) is 4.79 Å². The standard InChI is InChI=1S/C11H11F3O4/c1-17-10(16)7-4-2-3-5-8(7)18-6-9(15)11(12,13)14/h2-5,9,15H,6H2,1H3/t9-/m1/s1. The normalized spacial score (nSPS) is 12.9. The Morgan fingerprint density at radius 3 is 2.56 bits per heavy atom. The first-order chi connectivity index (χ1) is 8.36. The molecule has 0 radical (unpaired) electrons. The molecule has 100 valence electrons. The van der Waals surface area contributed by atoms with E-state index in [1.807, 2.05) is 0 Å². The van der Waals surface area contributed by atoms with Crippen LogP contribution in [-0.2, 0) is 4.74 Å². The molecule has 0 fully saturated rings. The maximum absolute atomic E-state index is 12.1. The predicted octanol–water partition coefficient (Wildman–Crippen LogP) is 1.78. The highest BCUT2D eigenvalue weighted by Crippen LogP contribution is 2.23. The lowest BCUT2D eigenvalue weighted by Gasteiger charge is -2.16. The van der Waals surface area contributed by atoms with Gasteiger partial charge in [0.1, 0.15) is 17.9 Å². The maximum Gasteiger partial charge on any atom is 0.417 e. The summed E-state index contributed by atoms with van der Waals surface area (Å²) in [5, 5.41) is 8.77. The summed E-state index contributed by atoms with van der Waals surface area (Å²) in [5.41, 5.74) is -0.00521. The molecule has 18 heavy (non-hydrogen) atoms. The molecule has 0 bridgehead atoms. The van der Waals surface area contributed by atoms with Gasteiger partial charge in [-0.2, -0.15) is 13.2 Å². The fourth-order valence-electron chi connectivity index (χ4n) is 1.13. The number of hydrogen-bond acceptors (Lipinski definition) is 4. The number of methoxy groups -OCH3 is 1. The molecule has 0 unspecified atom stereocenters. The van der Waals surface area contributed by atoms with Crippen molar-refractivity contribution < 1.29 is 32.5 Å². The monoisotopic (exact) mass is 264 g/mol. The summed E-state index contributed by atoms with van der Waals surface area (Å²) in [6.07, 6.45) is -7.37. The Morgan fingerprint density at radius 1 is 1.39 bits per heavy atom. The number of aliphatic hydroxyl groups excluding tert-OH is 1. The van der Waals surface area contributed by atoms with Crippen molar-refractivity contribution in [1.29, 1.82) is 0 Å². The second-order valence-corrected chi connectivity index (χ2v) is 3.36. The number of ether oxygens (including phenoxy) is 2.